The van der Waals surface area contributed by atoms with E-state index in [-0.39, 0.29) is 23.8 Å². The summed E-state index contributed by atoms with van der Waals surface area (Å²) in [5.74, 6) is -1.24. The molecule has 1 aliphatic rings. The molecule has 0 bridgehead atoms. The van der Waals surface area contributed by atoms with Crippen molar-refractivity contribution in [3.8, 4) is 0 Å². The Morgan fingerprint density at radius 2 is 0.875 bits per heavy atom. The first-order chi connectivity index (χ1) is 15.7. The Morgan fingerprint density at radius 3 is 1.22 bits per heavy atom. The SMILES string of the molecule is CCCCCCCCCCOC(=O)C1CC=CCC1C(=O)OCCCCCCCCCC. The van der Waals surface area contributed by atoms with Crippen molar-refractivity contribution in [1.82, 2.24) is 0 Å². The van der Waals surface area contributed by atoms with Crippen LogP contribution in [0.5, 0.6) is 0 Å². The summed E-state index contributed by atoms with van der Waals surface area (Å²) < 4.78 is 11.0. The average molecular weight is 451 g/mol. The minimum absolute atomic E-state index is 0.230. The highest BCUT2D eigenvalue weighted by molar-refractivity contribution is 5.82. The Morgan fingerprint density at radius 1 is 0.562 bits per heavy atom. The van der Waals surface area contributed by atoms with E-state index >= 15 is 0 Å². The number of hydrogen-bond donors (Lipinski definition) is 0. The third kappa shape index (κ3) is 14.0. The molecule has 4 nitrogen and oxygen atoms in total. The Bertz CT molecular complexity index is 456. The maximum absolute atomic E-state index is 12.6. The number of ether oxygens (including phenoxy) is 2. The fourth-order valence-corrected chi connectivity index (χ4v) is 4.37. The molecule has 32 heavy (non-hydrogen) atoms. The molecule has 0 spiro atoms. The third-order valence-electron chi connectivity index (χ3n) is 6.52. The summed E-state index contributed by atoms with van der Waals surface area (Å²) in [7, 11) is 0. The van der Waals surface area contributed by atoms with Crippen LogP contribution < -0.4 is 0 Å². The van der Waals surface area contributed by atoms with Gasteiger partial charge in [-0.05, 0) is 25.7 Å². The summed E-state index contributed by atoms with van der Waals surface area (Å²) >= 11 is 0. The standard InChI is InChI=1S/C28H50O4/c1-3-5-7-9-11-13-15-19-23-31-27(29)25-21-17-18-22-26(25)28(30)32-24-20-16-14-12-10-8-6-4-2/h17-18,25-26H,3-16,19-24H2,1-2H3. The van der Waals surface area contributed by atoms with Crippen molar-refractivity contribution in [3.05, 3.63) is 12.2 Å². The summed E-state index contributed by atoms with van der Waals surface area (Å²) in [5.41, 5.74) is 0. The van der Waals surface area contributed by atoms with Gasteiger partial charge in [0.2, 0.25) is 0 Å². The van der Waals surface area contributed by atoms with E-state index in [1.54, 1.807) is 0 Å². The van der Waals surface area contributed by atoms with Gasteiger partial charge >= 0.3 is 11.9 Å². The van der Waals surface area contributed by atoms with Crippen molar-refractivity contribution in [3.63, 3.8) is 0 Å². The lowest BCUT2D eigenvalue weighted by Crippen LogP contribution is -2.34. The Hall–Kier alpha value is -1.32. The summed E-state index contributed by atoms with van der Waals surface area (Å²) in [5, 5.41) is 0. The molecule has 0 aromatic rings. The highest BCUT2D eigenvalue weighted by Gasteiger charge is 2.36. The van der Waals surface area contributed by atoms with E-state index in [0.717, 1.165) is 25.7 Å². The minimum Gasteiger partial charge on any atom is -0.465 e. The molecule has 2 unspecified atom stereocenters. The fraction of sp³-hybridized carbons (Fsp3) is 0.857. The molecule has 0 aliphatic heterocycles. The number of esters is 2. The van der Waals surface area contributed by atoms with Crippen LogP contribution in [0.1, 0.15) is 129 Å². The van der Waals surface area contributed by atoms with Gasteiger partial charge in [0, 0.05) is 0 Å². The number of allylic oxidation sites excluding steroid dienone is 2. The second kappa shape index (κ2) is 20.3. The van der Waals surface area contributed by atoms with E-state index in [1.807, 2.05) is 12.2 Å². The van der Waals surface area contributed by atoms with Crippen molar-refractivity contribution < 1.29 is 19.1 Å². The molecule has 0 saturated heterocycles. The lowest BCUT2D eigenvalue weighted by molar-refractivity contribution is -0.161. The molecule has 0 fully saturated rings. The third-order valence-corrected chi connectivity index (χ3v) is 6.52. The number of unbranched alkanes of at least 4 members (excludes halogenated alkanes) is 14. The van der Waals surface area contributed by atoms with E-state index in [9.17, 15) is 9.59 Å². The van der Waals surface area contributed by atoms with Crippen molar-refractivity contribution in [2.45, 2.75) is 129 Å². The molecule has 1 rings (SSSR count). The molecule has 0 radical (unpaired) electrons. The van der Waals surface area contributed by atoms with E-state index in [0.29, 0.717) is 26.1 Å². The van der Waals surface area contributed by atoms with Crippen LogP contribution in [-0.4, -0.2) is 25.2 Å². The van der Waals surface area contributed by atoms with Crippen molar-refractivity contribution in [2.75, 3.05) is 13.2 Å². The van der Waals surface area contributed by atoms with E-state index in [2.05, 4.69) is 13.8 Å². The Labute approximate surface area is 197 Å². The first-order valence-electron chi connectivity index (χ1n) is 13.7. The minimum atomic E-state index is -0.389. The lowest BCUT2D eigenvalue weighted by atomic mass is 9.83. The van der Waals surface area contributed by atoms with Crippen LogP contribution in [0.3, 0.4) is 0 Å². The molecule has 0 aromatic carbocycles. The van der Waals surface area contributed by atoms with Crippen LogP contribution >= 0.6 is 0 Å². The topological polar surface area (TPSA) is 52.6 Å². The Balaban J connectivity index is 2.16. The van der Waals surface area contributed by atoms with Crippen LogP contribution in [0.4, 0.5) is 0 Å². The number of carbonyl (C=O) groups excluding carboxylic acids is 2. The quantitative estimate of drug-likeness (QED) is 0.107. The molecular formula is C28H50O4. The predicted octanol–water partition coefficient (Wildman–Crippen LogP) is 7.94. The second-order valence-corrected chi connectivity index (χ2v) is 9.44. The molecule has 1 aliphatic carbocycles. The smallest absolute Gasteiger partial charge is 0.310 e. The van der Waals surface area contributed by atoms with Crippen molar-refractivity contribution in [1.29, 1.82) is 0 Å². The van der Waals surface area contributed by atoms with Gasteiger partial charge in [-0.3, -0.25) is 9.59 Å². The highest BCUT2D eigenvalue weighted by Crippen LogP contribution is 2.28. The van der Waals surface area contributed by atoms with Gasteiger partial charge in [0.25, 0.3) is 0 Å². The molecule has 0 N–H and O–H groups in total. The van der Waals surface area contributed by atoms with Gasteiger partial charge in [-0.15, -0.1) is 0 Å². The molecule has 0 aromatic heterocycles. The van der Waals surface area contributed by atoms with E-state index in [1.165, 1.54) is 77.0 Å². The zero-order valence-corrected chi connectivity index (χ0v) is 21.1. The summed E-state index contributed by atoms with van der Waals surface area (Å²) in [6, 6.07) is 0. The first-order valence-corrected chi connectivity index (χ1v) is 13.7. The van der Waals surface area contributed by atoms with Gasteiger partial charge in [0.15, 0.2) is 0 Å². The van der Waals surface area contributed by atoms with Gasteiger partial charge in [-0.2, -0.15) is 0 Å². The van der Waals surface area contributed by atoms with Crippen molar-refractivity contribution >= 4 is 11.9 Å². The summed E-state index contributed by atoms with van der Waals surface area (Å²) in [6.07, 6.45) is 24.6. The number of hydrogen-bond acceptors (Lipinski definition) is 4. The summed E-state index contributed by atoms with van der Waals surface area (Å²) in [4.78, 5) is 25.2. The zero-order chi connectivity index (χ0) is 23.3. The van der Waals surface area contributed by atoms with Crippen LogP contribution in [0.15, 0.2) is 12.2 Å². The first kappa shape index (κ1) is 28.7. The summed E-state index contributed by atoms with van der Waals surface area (Å²) in [6.45, 7) is 5.40. The maximum atomic E-state index is 12.6. The van der Waals surface area contributed by atoms with Gasteiger partial charge in [-0.1, -0.05) is 116 Å². The van der Waals surface area contributed by atoms with Gasteiger partial charge < -0.3 is 9.47 Å². The van der Waals surface area contributed by atoms with Crippen LogP contribution in [0.25, 0.3) is 0 Å². The van der Waals surface area contributed by atoms with Crippen LogP contribution in [-0.2, 0) is 19.1 Å². The van der Waals surface area contributed by atoms with Crippen LogP contribution in [0.2, 0.25) is 0 Å². The van der Waals surface area contributed by atoms with Gasteiger partial charge in [-0.25, -0.2) is 0 Å². The highest BCUT2D eigenvalue weighted by atomic mass is 16.5. The second-order valence-electron chi connectivity index (χ2n) is 9.44. The molecule has 186 valence electrons. The maximum Gasteiger partial charge on any atom is 0.310 e. The molecule has 2 atom stereocenters. The fourth-order valence-electron chi connectivity index (χ4n) is 4.37. The molecular weight excluding hydrogens is 400 g/mol. The number of rotatable bonds is 20. The van der Waals surface area contributed by atoms with Crippen molar-refractivity contribution in [2.24, 2.45) is 11.8 Å². The van der Waals surface area contributed by atoms with Gasteiger partial charge in [0.1, 0.15) is 0 Å². The Kier molecular flexibility index (Phi) is 18.2. The van der Waals surface area contributed by atoms with E-state index < -0.39 is 0 Å². The normalized spacial score (nSPS) is 17.9. The molecule has 4 heteroatoms. The molecule has 0 heterocycles. The molecule has 0 amide bonds. The van der Waals surface area contributed by atoms with Crippen LogP contribution in [0, 0.1) is 11.8 Å². The number of carbonyl (C=O) groups is 2. The average Bonchev–Trinajstić information content (AvgIpc) is 2.81. The monoisotopic (exact) mass is 450 g/mol. The predicted molar refractivity (Wildman–Crippen MR) is 132 cm³/mol. The largest absolute Gasteiger partial charge is 0.465 e. The lowest BCUT2D eigenvalue weighted by Gasteiger charge is -2.25. The van der Waals surface area contributed by atoms with Gasteiger partial charge in [0.05, 0.1) is 25.0 Å². The molecule has 0 saturated carbocycles. The zero-order valence-electron chi connectivity index (χ0n) is 21.1. The van der Waals surface area contributed by atoms with E-state index in [4.69, 9.17) is 9.47 Å².